The highest BCUT2D eigenvalue weighted by Crippen LogP contribution is 2.36. The van der Waals surface area contributed by atoms with E-state index in [2.05, 4.69) is 32.0 Å². The Balaban J connectivity index is 1.37. The number of pyridine rings is 1. The summed E-state index contributed by atoms with van der Waals surface area (Å²) < 4.78 is 11.5. The van der Waals surface area contributed by atoms with Gasteiger partial charge in [0.1, 0.15) is 11.3 Å². The predicted octanol–water partition coefficient (Wildman–Crippen LogP) is 2.55. The Hall–Kier alpha value is -1.83. The van der Waals surface area contributed by atoms with E-state index in [1.165, 1.54) is 25.8 Å². The lowest BCUT2D eigenvalue weighted by atomic mass is 9.90. The normalized spacial score (nSPS) is 23.7. The first kappa shape index (κ1) is 18.5. The zero-order chi connectivity index (χ0) is 18.7. The van der Waals surface area contributed by atoms with Crippen LogP contribution >= 0.6 is 0 Å². The Bertz CT molecular complexity index is 727. The standard InChI is InChI=1S/C20H29N5O2/c1-24-12-5-6-16(24)8-13-25-14-9-20(26-2,10-15-25)19-22-18(23-27-19)17-7-3-4-11-21-17/h3-4,7,11,16H,5-6,8-10,12-15H2,1-2H3. The molecule has 146 valence electrons. The van der Waals surface area contributed by atoms with Crippen molar-refractivity contribution in [3.8, 4) is 11.5 Å². The lowest BCUT2D eigenvalue weighted by molar-refractivity contribution is -0.0831. The molecule has 0 radical (unpaired) electrons. The second-order valence-electron chi connectivity index (χ2n) is 7.74. The first-order valence-electron chi connectivity index (χ1n) is 9.93. The third-order valence-electron chi connectivity index (χ3n) is 6.21. The lowest BCUT2D eigenvalue weighted by Crippen LogP contribution is -2.45. The molecule has 0 saturated carbocycles. The second kappa shape index (κ2) is 8.04. The van der Waals surface area contributed by atoms with Gasteiger partial charge in [-0.2, -0.15) is 4.98 Å². The van der Waals surface area contributed by atoms with Gasteiger partial charge in [-0.05, 0) is 64.4 Å². The van der Waals surface area contributed by atoms with Gasteiger partial charge in [0.15, 0.2) is 0 Å². The quantitative estimate of drug-likeness (QED) is 0.773. The Morgan fingerprint density at radius 2 is 2.11 bits per heavy atom. The summed E-state index contributed by atoms with van der Waals surface area (Å²) in [6.07, 6.45) is 7.40. The first-order chi connectivity index (χ1) is 13.2. The summed E-state index contributed by atoms with van der Waals surface area (Å²) in [5.41, 5.74) is 0.234. The van der Waals surface area contributed by atoms with Gasteiger partial charge >= 0.3 is 0 Å². The summed E-state index contributed by atoms with van der Waals surface area (Å²) in [6.45, 7) is 4.38. The van der Waals surface area contributed by atoms with E-state index in [1.54, 1.807) is 13.3 Å². The maximum atomic E-state index is 5.91. The molecule has 0 aliphatic carbocycles. The number of likely N-dealkylation sites (tertiary alicyclic amines) is 2. The zero-order valence-electron chi connectivity index (χ0n) is 16.3. The van der Waals surface area contributed by atoms with Crippen molar-refractivity contribution in [3.05, 3.63) is 30.3 Å². The minimum absolute atomic E-state index is 0.485. The number of hydrogen-bond donors (Lipinski definition) is 0. The average Bonchev–Trinajstić information content (AvgIpc) is 3.37. The molecule has 1 atom stereocenters. The number of nitrogens with zero attached hydrogens (tertiary/aromatic N) is 5. The average molecular weight is 371 g/mol. The van der Waals surface area contributed by atoms with Gasteiger partial charge in [-0.25, -0.2) is 0 Å². The SMILES string of the molecule is COC1(c2nc(-c3ccccn3)no2)CCN(CCC2CCCN2C)CC1. The number of piperidine rings is 1. The highest BCUT2D eigenvalue weighted by atomic mass is 16.5. The van der Waals surface area contributed by atoms with Crippen molar-refractivity contribution in [1.82, 2.24) is 24.9 Å². The molecule has 2 aliphatic rings. The van der Waals surface area contributed by atoms with E-state index in [1.807, 2.05) is 18.2 Å². The van der Waals surface area contributed by atoms with Crippen molar-refractivity contribution in [2.45, 2.75) is 43.7 Å². The highest BCUT2D eigenvalue weighted by Gasteiger charge is 2.41. The van der Waals surface area contributed by atoms with E-state index >= 15 is 0 Å². The molecule has 27 heavy (non-hydrogen) atoms. The Morgan fingerprint density at radius 3 is 2.78 bits per heavy atom. The van der Waals surface area contributed by atoms with Crippen molar-refractivity contribution < 1.29 is 9.26 Å². The summed E-state index contributed by atoms with van der Waals surface area (Å²) in [7, 11) is 3.99. The topological polar surface area (TPSA) is 67.5 Å². The molecule has 1 unspecified atom stereocenters. The molecule has 0 N–H and O–H groups in total. The Kier molecular flexibility index (Phi) is 5.52. The molecule has 0 amide bonds. The van der Waals surface area contributed by atoms with Gasteiger partial charge in [0.05, 0.1) is 0 Å². The van der Waals surface area contributed by atoms with Crippen LogP contribution in [0.25, 0.3) is 11.5 Å². The molecular formula is C20H29N5O2. The number of hydrogen-bond acceptors (Lipinski definition) is 7. The van der Waals surface area contributed by atoms with Crippen molar-refractivity contribution in [2.24, 2.45) is 0 Å². The van der Waals surface area contributed by atoms with Gasteiger partial charge in [0.25, 0.3) is 5.89 Å². The van der Waals surface area contributed by atoms with Crippen molar-refractivity contribution in [1.29, 1.82) is 0 Å². The fourth-order valence-corrected chi connectivity index (χ4v) is 4.33. The fraction of sp³-hybridized carbons (Fsp3) is 0.650. The molecule has 7 heteroatoms. The van der Waals surface area contributed by atoms with Gasteiger partial charge < -0.3 is 19.1 Å². The van der Waals surface area contributed by atoms with Crippen LogP contribution in [-0.4, -0.2) is 71.3 Å². The lowest BCUT2D eigenvalue weighted by Gasteiger charge is -2.38. The molecule has 0 bridgehead atoms. The molecule has 0 aromatic carbocycles. The van der Waals surface area contributed by atoms with Crippen LogP contribution in [0.15, 0.2) is 28.9 Å². The molecule has 4 heterocycles. The summed E-state index contributed by atoms with van der Waals surface area (Å²) in [6, 6.07) is 6.43. The van der Waals surface area contributed by atoms with Crippen molar-refractivity contribution in [3.63, 3.8) is 0 Å². The molecule has 2 aromatic heterocycles. The zero-order valence-corrected chi connectivity index (χ0v) is 16.3. The number of aromatic nitrogens is 3. The predicted molar refractivity (Wildman–Crippen MR) is 102 cm³/mol. The van der Waals surface area contributed by atoms with E-state index in [-0.39, 0.29) is 0 Å². The van der Waals surface area contributed by atoms with E-state index in [0.29, 0.717) is 11.7 Å². The summed E-state index contributed by atoms with van der Waals surface area (Å²) >= 11 is 0. The molecule has 2 aliphatic heterocycles. The Labute approximate surface area is 160 Å². The third kappa shape index (κ3) is 3.90. The van der Waals surface area contributed by atoms with Crippen LogP contribution < -0.4 is 0 Å². The summed E-state index contributed by atoms with van der Waals surface area (Å²) in [4.78, 5) is 13.9. The van der Waals surface area contributed by atoms with Crippen molar-refractivity contribution >= 4 is 0 Å². The summed E-state index contributed by atoms with van der Waals surface area (Å²) in [5, 5.41) is 4.12. The molecule has 2 saturated heterocycles. The molecule has 2 aromatic rings. The maximum absolute atomic E-state index is 5.91. The van der Waals surface area contributed by atoms with Gasteiger partial charge in [-0.1, -0.05) is 11.2 Å². The smallest absolute Gasteiger partial charge is 0.259 e. The van der Waals surface area contributed by atoms with E-state index in [0.717, 1.165) is 44.2 Å². The van der Waals surface area contributed by atoms with E-state index in [4.69, 9.17) is 9.26 Å². The van der Waals surface area contributed by atoms with Crippen molar-refractivity contribution in [2.75, 3.05) is 40.3 Å². The van der Waals surface area contributed by atoms with Crippen LogP contribution in [0.2, 0.25) is 0 Å². The molecule has 4 rings (SSSR count). The van der Waals surface area contributed by atoms with Gasteiger partial charge in [-0.15, -0.1) is 0 Å². The summed E-state index contributed by atoms with van der Waals surface area (Å²) in [5.74, 6) is 1.09. The minimum atomic E-state index is -0.485. The Morgan fingerprint density at radius 1 is 1.26 bits per heavy atom. The first-order valence-corrected chi connectivity index (χ1v) is 9.93. The van der Waals surface area contributed by atoms with E-state index in [9.17, 15) is 0 Å². The van der Waals surface area contributed by atoms with Crippen LogP contribution in [0.5, 0.6) is 0 Å². The fourth-order valence-electron chi connectivity index (χ4n) is 4.33. The van der Waals surface area contributed by atoms with Crippen LogP contribution in [0.3, 0.4) is 0 Å². The maximum Gasteiger partial charge on any atom is 0.259 e. The van der Waals surface area contributed by atoms with Crippen LogP contribution in [0.1, 0.15) is 38.0 Å². The van der Waals surface area contributed by atoms with Crippen LogP contribution in [-0.2, 0) is 10.3 Å². The molecule has 7 nitrogen and oxygen atoms in total. The van der Waals surface area contributed by atoms with Crippen LogP contribution in [0.4, 0.5) is 0 Å². The van der Waals surface area contributed by atoms with Crippen LogP contribution in [0, 0.1) is 0 Å². The molecule has 2 fully saturated rings. The van der Waals surface area contributed by atoms with Gasteiger partial charge in [0.2, 0.25) is 5.82 Å². The number of ether oxygens (including phenoxy) is 1. The highest BCUT2D eigenvalue weighted by molar-refractivity contribution is 5.47. The second-order valence-corrected chi connectivity index (χ2v) is 7.74. The number of rotatable bonds is 6. The van der Waals surface area contributed by atoms with Gasteiger partial charge in [0, 0.05) is 32.4 Å². The monoisotopic (exact) mass is 371 g/mol. The van der Waals surface area contributed by atoms with Gasteiger partial charge in [-0.3, -0.25) is 4.98 Å². The third-order valence-corrected chi connectivity index (χ3v) is 6.21. The van der Waals surface area contributed by atoms with E-state index < -0.39 is 5.60 Å². The molecule has 0 spiro atoms. The minimum Gasteiger partial charge on any atom is -0.368 e. The largest absolute Gasteiger partial charge is 0.368 e. The molecular weight excluding hydrogens is 342 g/mol. The number of methoxy groups -OCH3 is 1.